The zero-order valence-corrected chi connectivity index (χ0v) is 34.1. The lowest BCUT2D eigenvalue weighted by atomic mass is 9.99. The average molecular weight is 846 g/mol. The van der Waals surface area contributed by atoms with E-state index in [1.807, 2.05) is 13.8 Å². The van der Waals surface area contributed by atoms with Crippen LogP contribution in [0, 0.1) is 17.6 Å². The number of rotatable bonds is 21. The van der Waals surface area contributed by atoms with Crippen molar-refractivity contribution in [3.8, 4) is 0 Å². The minimum absolute atomic E-state index is 0.0919. The highest BCUT2D eigenvalue weighted by Gasteiger charge is 2.36. The maximum atomic E-state index is 14.5. The van der Waals surface area contributed by atoms with Crippen LogP contribution in [0.25, 0.3) is 6.08 Å². The van der Waals surface area contributed by atoms with Crippen molar-refractivity contribution in [2.75, 3.05) is 6.54 Å². The van der Waals surface area contributed by atoms with Gasteiger partial charge in [0.15, 0.2) is 11.9 Å². The fraction of sp³-hybridized carbons (Fsp3) is 0.333. The van der Waals surface area contributed by atoms with Crippen LogP contribution < -0.4 is 44.6 Å². The van der Waals surface area contributed by atoms with E-state index >= 15 is 0 Å². The molecule has 0 heterocycles. The van der Waals surface area contributed by atoms with E-state index in [1.54, 1.807) is 24.3 Å². The van der Waals surface area contributed by atoms with Crippen molar-refractivity contribution in [3.63, 3.8) is 0 Å². The van der Waals surface area contributed by atoms with E-state index in [1.165, 1.54) is 42.5 Å². The van der Waals surface area contributed by atoms with E-state index in [4.69, 9.17) is 28.7 Å². The number of guanidine groups is 2. The third-order valence-corrected chi connectivity index (χ3v) is 9.03. The van der Waals surface area contributed by atoms with Gasteiger partial charge in [-0.3, -0.25) is 38.7 Å². The van der Waals surface area contributed by atoms with Crippen LogP contribution >= 0.6 is 0 Å². The summed E-state index contributed by atoms with van der Waals surface area (Å²) >= 11 is 0. The summed E-state index contributed by atoms with van der Waals surface area (Å²) in [7, 11) is 0. The molecule has 19 heteroatoms. The lowest BCUT2D eigenvalue weighted by Gasteiger charge is -2.30. The summed E-state index contributed by atoms with van der Waals surface area (Å²) in [5.41, 5.74) is 29.0. The molecule has 17 nitrogen and oxygen atoms in total. The average Bonchev–Trinajstić information content (AvgIpc) is 3.18. The highest BCUT2D eigenvalue weighted by molar-refractivity contribution is 6.06. The minimum Gasteiger partial charge on any atom is -0.370 e. The van der Waals surface area contributed by atoms with Crippen molar-refractivity contribution in [1.82, 2.24) is 20.9 Å². The zero-order valence-electron chi connectivity index (χ0n) is 34.1. The molecular formula is C42H53F2N11O6. The van der Waals surface area contributed by atoms with Gasteiger partial charge in [-0.2, -0.15) is 0 Å². The Bertz CT molecular complexity index is 2090. The van der Waals surface area contributed by atoms with Crippen molar-refractivity contribution in [2.24, 2.45) is 44.6 Å². The number of benzene rings is 3. The number of primary amides is 1. The van der Waals surface area contributed by atoms with Crippen molar-refractivity contribution < 1.29 is 37.5 Å². The van der Waals surface area contributed by atoms with Crippen LogP contribution in [0.1, 0.15) is 56.7 Å². The van der Waals surface area contributed by atoms with Gasteiger partial charge in [0.2, 0.25) is 29.5 Å². The predicted octanol–water partition coefficient (Wildman–Crippen LogP) is 1.15. The topological polar surface area (TPSA) is 297 Å². The van der Waals surface area contributed by atoms with Crippen molar-refractivity contribution in [1.29, 1.82) is 0 Å². The number of nitrogens with zero attached hydrogens (tertiary/aromatic N) is 3. The molecule has 3 aromatic carbocycles. The van der Waals surface area contributed by atoms with Crippen LogP contribution in [0.2, 0.25) is 0 Å². The molecule has 0 fully saturated rings. The maximum Gasteiger partial charge on any atom is 0.253 e. The smallest absolute Gasteiger partial charge is 0.253 e. The SMILES string of the molecule is CC(=O)N(C(=O)/C=C/c1ccc(F)cc1)[C@@H](Cc1ccc(F)cc1)C(=O)N[C@@H](Cc1ccc(N=C(N)N)cc1)C(=O)N[C@@H](CC(C)C)C(=O)N[C@@H](CCCN=C(N)N)C(N)=O. The number of nitrogens with one attached hydrogen (secondary N) is 3. The van der Waals surface area contributed by atoms with Crippen molar-refractivity contribution >= 4 is 59.1 Å². The molecule has 3 aromatic rings. The van der Waals surface area contributed by atoms with E-state index in [9.17, 15) is 37.5 Å². The van der Waals surface area contributed by atoms with Crippen LogP contribution in [0.3, 0.4) is 0 Å². The first-order chi connectivity index (χ1) is 28.8. The molecule has 0 aliphatic carbocycles. The van der Waals surface area contributed by atoms with E-state index in [0.29, 0.717) is 33.7 Å². The molecule has 0 bridgehead atoms. The minimum atomic E-state index is -1.59. The number of halogens is 2. The van der Waals surface area contributed by atoms with Gasteiger partial charge < -0.3 is 44.6 Å². The summed E-state index contributed by atoms with van der Waals surface area (Å²) in [6.45, 7) is 4.86. The van der Waals surface area contributed by atoms with Gasteiger partial charge in [-0.05, 0) is 84.3 Å². The lowest BCUT2D eigenvalue weighted by Crippen LogP contribution is -2.59. The van der Waals surface area contributed by atoms with Gasteiger partial charge in [0, 0.05) is 32.4 Å². The number of carbonyl (C=O) groups is 6. The second-order valence-corrected chi connectivity index (χ2v) is 14.5. The summed E-state index contributed by atoms with van der Waals surface area (Å²) in [6, 6.07) is 11.2. The number of nitrogens with two attached hydrogens (primary N) is 5. The lowest BCUT2D eigenvalue weighted by molar-refractivity contribution is -0.148. The largest absolute Gasteiger partial charge is 0.370 e. The van der Waals surface area contributed by atoms with E-state index in [2.05, 4.69) is 25.9 Å². The molecule has 0 radical (unpaired) electrons. The monoisotopic (exact) mass is 845 g/mol. The first-order valence-electron chi connectivity index (χ1n) is 19.3. The van der Waals surface area contributed by atoms with Crippen LogP contribution in [-0.4, -0.2) is 83.0 Å². The first-order valence-corrected chi connectivity index (χ1v) is 19.3. The maximum absolute atomic E-state index is 14.5. The molecule has 0 unspecified atom stereocenters. The van der Waals surface area contributed by atoms with Crippen LogP contribution in [0.5, 0.6) is 0 Å². The normalized spacial score (nSPS) is 13.0. The Morgan fingerprint density at radius 2 is 1.21 bits per heavy atom. The standard InChI is InChI=1S/C42H53F2N11O6/c1-24(2)21-33(38(59)52-32(37(45)58)5-4-20-50-41(46)47)53-39(60)34(22-27-10-17-31(18-11-27)51-42(48)49)54-40(61)35(23-28-8-15-30(44)16-9-28)55(25(3)56)36(57)19-12-26-6-13-29(43)14-7-26/h6-19,24,32-35H,4-5,20-23H2,1-3H3,(H2,45,58)(H,52,59)(H,53,60)(H,54,61)(H4,46,47,50)(H4,48,49,51)/b19-12+/t32-,33-,34-,35-/m0/s1. The summed E-state index contributed by atoms with van der Waals surface area (Å²) in [4.78, 5) is 90.2. The molecule has 0 aliphatic heterocycles. The molecule has 3 rings (SSSR count). The van der Waals surface area contributed by atoms with E-state index in [-0.39, 0.29) is 50.1 Å². The molecule has 0 aromatic heterocycles. The second-order valence-electron chi connectivity index (χ2n) is 14.5. The molecule has 0 saturated heterocycles. The van der Waals surface area contributed by atoms with Gasteiger partial charge in [0.1, 0.15) is 35.8 Å². The molecule has 0 aliphatic rings. The molecule has 13 N–H and O–H groups in total. The molecule has 4 atom stereocenters. The Hall–Kier alpha value is -7.18. The van der Waals surface area contributed by atoms with Crippen LogP contribution in [0.4, 0.5) is 14.5 Å². The van der Waals surface area contributed by atoms with Gasteiger partial charge in [-0.15, -0.1) is 0 Å². The molecule has 326 valence electrons. The van der Waals surface area contributed by atoms with E-state index < -0.39 is 71.2 Å². The molecule has 0 saturated carbocycles. The van der Waals surface area contributed by atoms with Crippen molar-refractivity contribution in [3.05, 3.63) is 107 Å². The Balaban J connectivity index is 2.03. The third kappa shape index (κ3) is 16.5. The first kappa shape index (κ1) is 48.2. The van der Waals surface area contributed by atoms with Crippen LogP contribution in [-0.2, 0) is 41.6 Å². The number of aliphatic imine (C=N–C) groups is 2. The Morgan fingerprint density at radius 1 is 0.689 bits per heavy atom. The zero-order chi connectivity index (χ0) is 45.2. The second kappa shape index (κ2) is 23.4. The number of imide groups is 1. The molecule has 61 heavy (non-hydrogen) atoms. The van der Waals surface area contributed by atoms with Crippen molar-refractivity contribution in [2.45, 2.75) is 77.0 Å². The number of hydrogen-bond donors (Lipinski definition) is 8. The molecular weight excluding hydrogens is 793 g/mol. The number of amides is 6. The number of hydrogen-bond acceptors (Lipinski definition) is 8. The summed E-state index contributed by atoms with van der Waals surface area (Å²) < 4.78 is 27.4. The van der Waals surface area contributed by atoms with Gasteiger partial charge in [0.05, 0.1) is 5.69 Å². The number of carbonyl (C=O) groups excluding carboxylic acids is 6. The predicted molar refractivity (Wildman–Crippen MR) is 227 cm³/mol. The molecule has 0 spiro atoms. The fourth-order valence-electron chi connectivity index (χ4n) is 6.10. The summed E-state index contributed by atoms with van der Waals surface area (Å²) in [5.74, 6) is -6.63. The quantitative estimate of drug-likeness (QED) is 0.0328. The highest BCUT2D eigenvalue weighted by Crippen LogP contribution is 2.18. The van der Waals surface area contributed by atoms with Gasteiger partial charge in [-0.25, -0.2) is 13.8 Å². The van der Waals surface area contributed by atoms with Gasteiger partial charge in [-0.1, -0.05) is 50.2 Å². The van der Waals surface area contributed by atoms with E-state index in [0.717, 1.165) is 25.1 Å². The summed E-state index contributed by atoms with van der Waals surface area (Å²) in [5, 5.41) is 7.96. The van der Waals surface area contributed by atoms with Gasteiger partial charge in [0.25, 0.3) is 5.91 Å². The molecule has 6 amide bonds. The Labute approximate surface area is 352 Å². The Kier molecular flexibility index (Phi) is 18.5. The van der Waals surface area contributed by atoms with Gasteiger partial charge >= 0.3 is 0 Å². The third-order valence-electron chi connectivity index (χ3n) is 9.03. The highest BCUT2D eigenvalue weighted by atomic mass is 19.1. The fourth-order valence-corrected chi connectivity index (χ4v) is 6.10. The Morgan fingerprint density at radius 3 is 1.75 bits per heavy atom. The van der Waals surface area contributed by atoms with Crippen LogP contribution in [0.15, 0.2) is 88.9 Å². The summed E-state index contributed by atoms with van der Waals surface area (Å²) in [6.07, 6.45) is 2.39.